The molecular formula is C13H14N4O4. The van der Waals surface area contributed by atoms with Crippen LogP contribution in [0, 0.1) is 10.1 Å². The van der Waals surface area contributed by atoms with E-state index in [1.165, 1.54) is 6.33 Å². The molecule has 0 aliphatic carbocycles. The third-order valence-electron chi connectivity index (χ3n) is 2.63. The fraction of sp³-hybridized carbons (Fsp3) is 0.231. The highest BCUT2D eigenvalue weighted by Gasteiger charge is 2.24. The van der Waals surface area contributed by atoms with Crippen LogP contribution in [0.4, 0.5) is 11.5 Å². The van der Waals surface area contributed by atoms with Gasteiger partial charge in [0.1, 0.15) is 12.1 Å². The highest BCUT2D eigenvalue weighted by atomic mass is 16.6. The number of methoxy groups -OCH3 is 1. The molecule has 0 saturated heterocycles. The molecule has 0 aliphatic heterocycles. The molecule has 8 heteroatoms. The Bertz CT molecular complexity index is 648. The fourth-order valence-corrected chi connectivity index (χ4v) is 1.76. The van der Waals surface area contributed by atoms with Gasteiger partial charge in [-0.05, 0) is 17.7 Å². The molecule has 0 fully saturated rings. The lowest BCUT2D eigenvalue weighted by Gasteiger charge is -2.08. The Kier molecular flexibility index (Phi) is 4.62. The number of hydrogen-bond donors (Lipinski definition) is 1. The van der Waals surface area contributed by atoms with Gasteiger partial charge < -0.3 is 14.8 Å². The Labute approximate surface area is 120 Å². The predicted molar refractivity (Wildman–Crippen MR) is 75.5 cm³/mol. The van der Waals surface area contributed by atoms with Crippen LogP contribution in [-0.4, -0.2) is 29.0 Å². The Morgan fingerprint density at radius 1 is 1.38 bits per heavy atom. The molecule has 1 heterocycles. The summed E-state index contributed by atoms with van der Waals surface area (Å²) in [5.74, 6) is 0.417. The number of anilines is 1. The van der Waals surface area contributed by atoms with Gasteiger partial charge in [-0.3, -0.25) is 10.1 Å². The van der Waals surface area contributed by atoms with Crippen molar-refractivity contribution in [1.82, 2.24) is 9.97 Å². The minimum absolute atomic E-state index is 0.0954. The van der Waals surface area contributed by atoms with Crippen molar-refractivity contribution in [1.29, 1.82) is 0 Å². The molecule has 0 atom stereocenters. The second-order valence-electron chi connectivity index (χ2n) is 4.07. The van der Waals surface area contributed by atoms with E-state index in [2.05, 4.69) is 15.3 Å². The summed E-state index contributed by atoms with van der Waals surface area (Å²) in [7, 11) is 3.13. The summed E-state index contributed by atoms with van der Waals surface area (Å²) in [6, 6.07) is 7.05. The summed E-state index contributed by atoms with van der Waals surface area (Å²) >= 11 is 0. The zero-order chi connectivity index (χ0) is 15.2. The van der Waals surface area contributed by atoms with E-state index in [4.69, 9.17) is 9.47 Å². The summed E-state index contributed by atoms with van der Waals surface area (Å²) in [6.45, 7) is 0.421. The van der Waals surface area contributed by atoms with Crippen molar-refractivity contribution in [3.63, 3.8) is 0 Å². The Balaban J connectivity index is 2.35. The van der Waals surface area contributed by atoms with Gasteiger partial charge in [0.05, 0.1) is 11.5 Å². The minimum Gasteiger partial charge on any atom is -0.434 e. The molecule has 2 aromatic rings. The summed E-state index contributed by atoms with van der Waals surface area (Å²) in [5, 5.41) is 13.8. The molecule has 1 aromatic carbocycles. The molecule has 110 valence electrons. The number of ether oxygens (including phenoxy) is 2. The van der Waals surface area contributed by atoms with Gasteiger partial charge in [0.15, 0.2) is 0 Å². The van der Waals surface area contributed by atoms with Gasteiger partial charge in [-0.25, -0.2) is 4.98 Å². The first-order valence-corrected chi connectivity index (χ1v) is 6.08. The molecule has 0 bridgehead atoms. The maximum atomic E-state index is 11.1. The van der Waals surface area contributed by atoms with Crippen molar-refractivity contribution in [2.45, 2.75) is 6.61 Å². The average Bonchev–Trinajstić information content (AvgIpc) is 2.47. The van der Waals surface area contributed by atoms with Crippen LogP contribution in [0.25, 0.3) is 0 Å². The fourth-order valence-electron chi connectivity index (χ4n) is 1.76. The number of nitro groups is 1. The number of nitrogens with one attached hydrogen (secondary N) is 1. The molecule has 8 nitrogen and oxygen atoms in total. The van der Waals surface area contributed by atoms with Gasteiger partial charge in [-0.2, -0.15) is 4.98 Å². The Hall–Kier alpha value is -2.74. The zero-order valence-corrected chi connectivity index (χ0v) is 11.6. The molecule has 0 spiro atoms. The van der Waals surface area contributed by atoms with Crippen LogP contribution in [0.1, 0.15) is 5.56 Å². The maximum absolute atomic E-state index is 11.1. The number of aromatic nitrogens is 2. The number of nitrogens with zero attached hydrogens (tertiary/aromatic N) is 3. The van der Waals surface area contributed by atoms with E-state index >= 15 is 0 Å². The number of rotatable bonds is 6. The molecule has 1 aromatic heterocycles. The van der Waals surface area contributed by atoms with E-state index in [9.17, 15) is 10.1 Å². The van der Waals surface area contributed by atoms with Gasteiger partial charge in [-0.1, -0.05) is 12.1 Å². The normalized spacial score (nSPS) is 10.2. The van der Waals surface area contributed by atoms with E-state index in [-0.39, 0.29) is 17.4 Å². The van der Waals surface area contributed by atoms with Gasteiger partial charge in [-0.15, -0.1) is 0 Å². The first-order chi connectivity index (χ1) is 10.2. The molecule has 21 heavy (non-hydrogen) atoms. The second kappa shape index (κ2) is 6.62. The largest absolute Gasteiger partial charge is 0.434 e. The van der Waals surface area contributed by atoms with Crippen molar-refractivity contribution >= 4 is 11.5 Å². The van der Waals surface area contributed by atoms with Crippen LogP contribution < -0.4 is 10.1 Å². The van der Waals surface area contributed by atoms with Crippen LogP contribution in [0.3, 0.4) is 0 Å². The van der Waals surface area contributed by atoms with Gasteiger partial charge in [0.25, 0.3) is 0 Å². The van der Waals surface area contributed by atoms with Crippen molar-refractivity contribution in [3.05, 3.63) is 46.3 Å². The molecule has 0 amide bonds. The Morgan fingerprint density at radius 2 is 2.19 bits per heavy atom. The Morgan fingerprint density at radius 3 is 2.86 bits per heavy atom. The van der Waals surface area contributed by atoms with Crippen molar-refractivity contribution in [2.24, 2.45) is 0 Å². The van der Waals surface area contributed by atoms with E-state index in [0.29, 0.717) is 12.4 Å². The molecular weight excluding hydrogens is 276 g/mol. The summed E-state index contributed by atoms with van der Waals surface area (Å²) < 4.78 is 10.5. The quantitative estimate of drug-likeness (QED) is 0.643. The topological polar surface area (TPSA) is 99.4 Å². The van der Waals surface area contributed by atoms with Gasteiger partial charge in [0.2, 0.25) is 5.82 Å². The molecule has 0 radical (unpaired) electrons. The average molecular weight is 290 g/mol. The maximum Gasteiger partial charge on any atom is 0.373 e. The lowest BCUT2D eigenvalue weighted by molar-refractivity contribution is -0.385. The monoisotopic (exact) mass is 290 g/mol. The molecule has 0 aliphatic rings. The second-order valence-corrected chi connectivity index (χ2v) is 4.07. The van der Waals surface area contributed by atoms with Crippen LogP contribution in [0.2, 0.25) is 0 Å². The van der Waals surface area contributed by atoms with Crippen LogP contribution in [-0.2, 0) is 11.3 Å². The first kappa shape index (κ1) is 14.7. The highest BCUT2D eigenvalue weighted by molar-refractivity contribution is 5.61. The summed E-state index contributed by atoms with van der Waals surface area (Å²) in [6.07, 6.45) is 1.20. The molecule has 2 rings (SSSR count). The first-order valence-electron chi connectivity index (χ1n) is 6.08. The zero-order valence-electron chi connectivity index (χ0n) is 11.6. The van der Waals surface area contributed by atoms with Crippen LogP contribution >= 0.6 is 0 Å². The number of hydrogen-bond acceptors (Lipinski definition) is 7. The third-order valence-corrected chi connectivity index (χ3v) is 2.63. The van der Waals surface area contributed by atoms with E-state index < -0.39 is 4.92 Å². The lowest BCUT2D eigenvalue weighted by atomic mass is 10.2. The predicted octanol–water partition coefficient (Wildman–Crippen LogP) is 2.37. The smallest absolute Gasteiger partial charge is 0.373 e. The standard InChI is InChI=1S/C13H14N4O4/c1-14-12-11(17(18)19)13(16-8-15-12)21-10-5-3-4-9(6-10)7-20-2/h3-6,8H,7H2,1-2H3,(H,14,15,16). The van der Waals surface area contributed by atoms with Crippen LogP contribution in [0.15, 0.2) is 30.6 Å². The molecule has 0 unspecified atom stereocenters. The van der Waals surface area contributed by atoms with E-state index in [1.807, 2.05) is 6.07 Å². The third kappa shape index (κ3) is 3.42. The molecule has 0 saturated carbocycles. The van der Waals surface area contributed by atoms with Crippen LogP contribution in [0.5, 0.6) is 11.6 Å². The van der Waals surface area contributed by atoms with Crippen molar-refractivity contribution in [3.8, 4) is 11.6 Å². The van der Waals surface area contributed by atoms with Crippen molar-refractivity contribution < 1.29 is 14.4 Å². The lowest BCUT2D eigenvalue weighted by Crippen LogP contribution is -2.03. The van der Waals surface area contributed by atoms with Crippen molar-refractivity contribution in [2.75, 3.05) is 19.5 Å². The minimum atomic E-state index is -0.583. The molecule has 1 N–H and O–H groups in total. The van der Waals surface area contributed by atoms with Gasteiger partial charge >= 0.3 is 11.6 Å². The number of benzene rings is 1. The van der Waals surface area contributed by atoms with E-state index in [0.717, 1.165) is 5.56 Å². The summed E-state index contributed by atoms with van der Waals surface area (Å²) in [4.78, 5) is 18.2. The summed E-state index contributed by atoms with van der Waals surface area (Å²) in [5.41, 5.74) is 0.581. The van der Waals surface area contributed by atoms with Gasteiger partial charge in [0, 0.05) is 14.2 Å². The highest BCUT2D eigenvalue weighted by Crippen LogP contribution is 2.33. The SMILES string of the molecule is CNc1ncnc(Oc2cccc(COC)c2)c1[N+](=O)[O-]. The van der Waals surface area contributed by atoms with E-state index in [1.54, 1.807) is 32.4 Å².